The Hall–Kier alpha value is -3.12. The topological polar surface area (TPSA) is 208 Å². The van der Waals surface area contributed by atoms with Crippen LogP contribution in [0.4, 0.5) is 5.69 Å². The molecule has 0 unspecified atom stereocenters. The lowest BCUT2D eigenvalue weighted by Crippen LogP contribution is -2.30. The molecule has 0 bridgehead atoms. The maximum atomic E-state index is 10.6. The van der Waals surface area contributed by atoms with Gasteiger partial charge in [0.05, 0.1) is 6.42 Å². The Labute approximate surface area is 201 Å². The predicted octanol–water partition coefficient (Wildman–Crippen LogP) is 2.83. The van der Waals surface area contributed by atoms with Gasteiger partial charge in [-0.15, -0.1) is 0 Å². The zero-order chi connectivity index (χ0) is 24.5. The molecule has 2 aromatic rings. The standard InChI is InChI=1S/C9H9NO2.C8H7BrO2.C5H12N2O2.H3N/c1-7(12)10-9-4-2-8(6-11)3-5-9;9-7-3-1-6(2-4-7)5-8(10)11;6-3-1-2-4(7)5(8)9;/h2-6H,1H3,(H,10,12);1-4H,5H2,(H,10,11);4H,1-3,6-7H2,(H,8,9);1H3/t;;4-;/m..0./s1. The van der Waals surface area contributed by atoms with Gasteiger partial charge in [-0.2, -0.15) is 0 Å². The largest absolute Gasteiger partial charge is 0.481 e. The smallest absolute Gasteiger partial charge is 0.320 e. The summed E-state index contributed by atoms with van der Waals surface area (Å²) in [6, 6.07) is 13.2. The molecule has 10 N–H and O–H groups in total. The number of nitrogens with two attached hydrogens (primary N) is 2. The zero-order valence-corrected chi connectivity index (χ0v) is 20.0. The highest BCUT2D eigenvalue weighted by atomic mass is 79.9. The number of aldehydes is 1. The van der Waals surface area contributed by atoms with E-state index in [9.17, 15) is 19.2 Å². The van der Waals surface area contributed by atoms with Gasteiger partial charge < -0.3 is 33.1 Å². The minimum atomic E-state index is -0.955. The lowest BCUT2D eigenvalue weighted by molar-refractivity contribution is -0.139. The van der Waals surface area contributed by atoms with Gasteiger partial charge in [0, 0.05) is 22.6 Å². The SMILES string of the molecule is CC(=O)Nc1ccc(C=O)cc1.N.NCCC[C@H](N)C(=O)O.O=C(O)Cc1ccc(Br)cc1. The molecule has 0 aromatic heterocycles. The van der Waals surface area contributed by atoms with Crippen molar-refractivity contribution >= 4 is 45.7 Å². The molecule has 0 spiro atoms. The Balaban J connectivity index is 0. The van der Waals surface area contributed by atoms with Crippen molar-refractivity contribution in [2.24, 2.45) is 11.5 Å². The summed E-state index contributed by atoms with van der Waals surface area (Å²) in [4.78, 5) is 41.1. The average Bonchev–Trinajstić information content (AvgIpc) is 2.74. The number of anilines is 1. The van der Waals surface area contributed by atoms with Gasteiger partial charge in [0.15, 0.2) is 0 Å². The van der Waals surface area contributed by atoms with Crippen molar-refractivity contribution in [3.8, 4) is 0 Å². The van der Waals surface area contributed by atoms with Crippen LogP contribution in [0.5, 0.6) is 0 Å². The number of carbonyl (C=O) groups excluding carboxylic acids is 2. The molecule has 0 radical (unpaired) electrons. The Kier molecular flexibility index (Phi) is 17.9. The molecule has 1 amide bonds. The highest BCUT2D eigenvalue weighted by Gasteiger charge is 2.08. The Bertz CT molecular complexity index is 860. The van der Waals surface area contributed by atoms with E-state index in [2.05, 4.69) is 21.2 Å². The summed E-state index contributed by atoms with van der Waals surface area (Å²) >= 11 is 3.26. The number of halogens is 1. The number of aliphatic carboxylic acids is 2. The maximum Gasteiger partial charge on any atom is 0.320 e. The van der Waals surface area contributed by atoms with E-state index in [1.165, 1.54) is 6.92 Å². The van der Waals surface area contributed by atoms with Crippen molar-refractivity contribution in [3.63, 3.8) is 0 Å². The molecule has 0 aliphatic rings. The number of amides is 1. The summed E-state index contributed by atoms with van der Waals surface area (Å²) in [6.07, 6.45) is 1.99. The molecule has 182 valence electrons. The van der Waals surface area contributed by atoms with Gasteiger partial charge in [0.2, 0.25) is 5.91 Å². The first kappa shape index (κ1) is 32.1. The summed E-state index contributed by atoms with van der Waals surface area (Å²) < 4.78 is 0.964. The third-order valence-corrected chi connectivity index (χ3v) is 4.20. The van der Waals surface area contributed by atoms with E-state index in [0.29, 0.717) is 30.6 Å². The second-order valence-corrected chi connectivity index (χ2v) is 7.41. The Morgan fingerprint density at radius 1 is 1.06 bits per heavy atom. The number of rotatable bonds is 8. The number of hydrogen-bond donors (Lipinski definition) is 6. The molecule has 0 heterocycles. The maximum absolute atomic E-state index is 10.6. The fourth-order valence-corrected chi connectivity index (χ4v) is 2.35. The summed E-state index contributed by atoms with van der Waals surface area (Å²) in [5.74, 6) is -1.87. The van der Waals surface area contributed by atoms with Crippen LogP contribution in [0.1, 0.15) is 35.7 Å². The van der Waals surface area contributed by atoms with Crippen LogP contribution in [0.3, 0.4) is 0 Å². The first-order valence-electron chi connectivity index (χ1n) is 9.56. The van der Waals surface area contributed by atoms with Crippen molar-refractivity contribution in [3.05, 3.63) is 64.1 Å². The monoisotopic (exact) mass is 526 g/mol. The lowest BCUT2D eigenvalue weighted by Gasteiger charge is -2.02. The highest BCUT2D eigenvalue weighted by Crippen LogP contribution is 2.10. The van der Waals surface area contributed by atoms with Gasteiger partial charge in [-0.3, -0.25) is 19.2 Å². The molecule has 10 nitrogen and oxygen atoms in total. The fourth-order valence-electron chi connectivity index (χ4n) is 2.09. The number of carbonyl (C=O) groups is 4. The van der Waals surface area contributed by atoms with Gasteiger partial charge in [0.25, 0.3) is 0 Å². The second-order valence-electron chi connectivity index (χ2n) is 6.49. The minimum absolute atomic E-state index is 0. The number of nitrogens with one attached hydrogen (secondary N) is 1. The highest BCUT2D eigenvalue weighted by molar-refractivity contribution is 9.10. The molecule has 0 fully saturated rings. The molecule has 11 heteroatoms. The summed E-state index contributed by atoms with van der Waals surface area (Å²) in [7, 11) is 0. The first-order valence-corrected chi connectivity index (χ1v) is 10.4. The predicted molar refractivity (Wildman–Crippen MR) is 131 cm³/mol. The lowest BCUT2D eigenvalue weighted by atomic mass is 10.2. The summed E-state index contributed by atoms with van der Waals surface area (Å²) in [5.41, 5.74) is 12.4. The van der Waals surface area contributed by atoms with E-state index in [1.807, 2.05) is 12.1 Å². The summed E-state index contributed by atoms with van der Waals surface area (Å²) in [5, 5.41) is 19.3. The normalized spacial score (nSPS) is 10.1. The number of hydrogen-bond acceptors (Lipinski definition) is 7. The molecule has 0 saturated carbocycles. The number of carboxylic acid groups (broad SMARTS) is 2. The van der Waals surface area contributed by atoms with Crippen LogP contribution in [0.25, 0.3) is 0 Å². The average molecular weight is 527 g/mol. The van der Waals surface area contributed by atoms with Crippen molar-refractivity contribution in [1.82, 2.24) is 6.15 Å². The zero-order valence-electron chi connectivity index (χ0n) is 18.4. The van der Waals surface area contributed by atoms with E-state index < -0.39 is 18.0 Å². The molecular formula is C22H31BrN4O6. The van der Waals surface area contributed by atoms with Crippen LogP contribution in [-0.4, -0.2) is 46.9 Å². The van der Waals surface area contributed by atoms with Crippen LogP contribution in [-0.2, 0) is 20.8 Å². The van der Waals surface area contributed by atoms with Crippen LogP contribution in [0.15, 0.2) is 53.0 Å². The van der Waals surface area contributed by atoms with Crippen LogP contribution >= 0.6 is 15.9 Å². The third-order valence-electron chi connectivity index (χ3n) is 3.67. The van der Waals surface area contributed by atoms with Crippen LogP contribution < -0.4 is 22.9 Å². The number of carboxylic acids is 2. The van der Waals surface area contributed by atoms with E-state index in [1.54, 1.807) is 36.4 Å². The van der Waals surface area contributed by atoms with E-state index in [4.69, 9.17) is 21.7 Å². The molecule has 2 rings (SSSR count). The molecule has 0 aliphatic heterocycles. The number of benzene rings is 2. The molecule has 0 aliphatic carbocycles. The van der Waals surface area contributed by atoms with Gasteiger partial charge in [-0.05, 0) is 61.3 Å². The van der Waals surface area contributed by atoms with E-state index in [-0.39, 0.29) is 18.5 Å². The van der Waals surface area contributed by atoms with Gasteiger partial charge in [0.1, 0.15) is 12.3 Å². The fraction of sp³-hybridized carbons (Fsp3) is 0.273. The molecule has 1 atom stereocenters. The second kappa shape index (κ2) is 18.5. The van der Waals surface area contributed by atoms with Crippen LogP contribution in [0, 0.1) is 0 Å². The quantitative estimate of drug-likeness (QED) is 0.279. The van der Waals surface area contributed by atoms with Gasteiger partial charge >= 0.3 is 11.9 Å². The Morgan fingerprint density at radius 3 is 2.00 bits per heavy atom. The van der Waals surface area contributed by atoms with Crippen molar-refractivity contribution in [2.75, 3.05) is 11.9 Å². The van der Waals surface area contributed by atoms with E-state index >= 15 is 0 Å². The molecule has 33 heavy (non-hydrogen) atoms. The van der Waals surface area contributed by atoms with Crippen LogP contribution in [0.2, 0.25) is 0 Å². The third kappa shape index (κ3) is 17.2. The molecule has 0 saturated heterocycles. The van der Waals surface area contributed by atoms with E-state index in [0.717, 1.165) is 16.3 Å². The van der Waals surface area contributed by atoms with Crippen molar-refractivity contribution < 1.29 is 29.4 Å². The minimum Gasteiger partial charge on any atom is -0.481 e. The summed E-state index contributed by atoms with van der Waals surface area (Å²) in [6.45, 7) is 1.94. The first-order chi connectivity index (χ1) is 15.1. The van der Waals surface area contributed by atoms with Gasteiger partial charge in [-0.25, -0.2) is 0 Å². The Morgan fingerprint density at radius 2 is 1.61 bits per heavy atom. The molecular weight excluding hydrogens is 496 g/mol. The van der Waals surface area contributed by atoms with Crippen molar-refractivity contribution in [1.29, 1.82) is 0 Å². The van der Waals surface area contributed by atoms with Gasteiger partial charge in [-0.1, -0.05) is 28.1 Å². The van der Waals surface area contributed by atoms with Crippen molar-refractivity contribution in [2.45, 2.75) is 32.2 Å². The molecule has 2 aromatic carbocycles.